The highest BCUT2D eigenvalue weighted by Crippen LogP contribution is 2.31. The Balaban J connectivity index is 1.17. The lowest BCUT2D eigenvalue weighted by Crippen LogP contribution is -2.46. The SMILES string of the molecule is O=C(Nc1cc(N2CCN(Cc3ccccc3)CC2)ncn1)[C@H]1COc2ccccc2O1. The van der Waals surface area contributed by atoms with Crippen molar-refractivity contribution in [3.05, 3.63) is 72.6 Å². The minimum Gasteiger partial charge on any atom is -0.485 e. The topological polar surface area (TPSA) is 79.8 Å². The molecule has 164 valence electrons. The lowest BCUT2D eigenvalue weighted by molar-refractivity contribution is -0.125. The van der Waals surface area contributed by atoms with E-state index in [1.54, 1.807) is 6.07 Å². The van der Waals surface area contributed by atoms with E-state index in [-0.39, 0.29) is 12.5 Å². The fourth-order valence-electron chi connectivity index (χ4n) is 3.92. The van der Waals surface area contributed by atoms with Crippen LogP contribution in [0.25, 0.3) is 0 Å². The predicted molar refractivity (Wildman–Crippen MR) is 121 cm³/mol. The van der Waals surface area contributed by atoms with Gasteiger partial charge in [0.25, 0.3) is 5.91 Å². The number of rotatable bonds is 5. The zero-order chi connectivity index (χ0) is 21.8. The van der Waals surface area contributed by atoms with Crippen LogP contribution in [0, 0.1) is 0 Å². The molecule has 0 spiro atoms. The molecule has 5 rings (SSSR count). The molecule has 1 aromatic heterocycles. The molecule has 0 bridgehead atoms. The van der Waals surface area contributed by atoms with Gasteiger partial charge >= 0.3 is 0 Å². The summed E-state index contributed by atoms with van der Waals surface area (Å²) in [6.45, 7) is 4.75. The maximum atomic E-state index is 12.7. The van der Waals surface area contributed by atoms with Crippen LogP contribution >= 0.6 is 0 Å². The lowest BCUT2D eigenvalue weighted by atomic mass is 10.2. The molecule has 1 atom stereocenters. The molecule has 3 heterocycles. The lowest BCUT2D eigenvalue weighted by Gasteiger charge is -2.35. The summed E-state index contributed by atoms with van der Waals surface area (Å²) in [7, 11) is 0. The van der Waals surface area contributed by atoms with E-state index in [0.29, 0.717) is 17.3 Å². The van der Waals surface area contributed by atoms with Crippen molar-refractivity contribution in [3.8, 4) is 11.5 Å². The average Bonchev–Trinajstić information content (AvgIpc) is 2.85. The van der Waals surface area contributed by atoms with E-state index >= 15 is 0 Å². The van der Waals surface area contributed by atoms with Crippen LogP contribution in [0.2, 0.25) is 0 Å². The van der Waals surface area contributed by atoms with Gasteiger partial charge in [-0.2, -0.15) is 0 Å². The van der Waals surface area contributed by atoms with Gasteiger partial charge in [-0.05, 0) is 17.7 Å². The van der Waals surface area contributed by atoms with Crippen molar-refractivity contribution in [2.45, 2.75) is 12.6 Å². The summed E-state index contributed by atoms with van der Waals surface area (Å²) < 4.78 is 11.4. The smallest absolute Gasteiger partial charge is 0.270 e. The number of carbonyl (C=O) groups excluding carboxylic acids is 1. The van der Waals surface area contributed by atoms with Gasteiger partial charge in [0.2, 0.25) is 6.10 Å². The highest BCUT2D eigenvalue weighted by molar-refractivity contribution is 5.94. The fraction of sp³-hybridized carbons (Fsp3) is 0.292. The van der Waals surface area contributed by atoms with Gasteiger partial charge in [-0.3, -0.25) is 9.69 Å². The van der Waals surface area contributed by atoms with Gasteiger partial charge in [-0.15, -0.1) is 0 Å². The maximum Gasteiger partial charge on any atom is 0.270 e. The van der Waals surface area contributed by atoms with Crippen LogP contribution in [-0.2, 0) is 11.3 Å². The molecular weight excluding hydrogens is 406 g/mol. The highest BCUT2D eigenvalue weighted by atomic mass is 16.6. The van der Waals surface area contributed by atoms with E-state index < -0.39 is 6.10 Å². The second kappa shape index (κ2) is 9.23. The Morgan fingerprint density at radius 3 is 2.53 bits per heavy atom. The second-order valence-corrected chi connectivity index (χ2v) is 7.86. The van der Waals surface area contributed by atoms with Crippen molar-refractivity contribution in [2.75, 3.05) is 43.0 Å². The third-order valence-electron chi connectivity index (χ3n) is 5.65. The molecule has 8 heteroatoms. The molecule has 8 nitrogen and oxygen atoms in total. The minimum atomic E-state index is -0.732. The molecule has 1 N–H and O–H groups in total. The molecule has 32 heavy (non-hydrogen) atoms. The zero-order valence-electron chi connectivity index (χ0n) is 17.7. The van der Waals surface area contributed by atoms with Crippen molar-refractivity contribution in [3.63, 3.8) is 0 Å². The predicted octanol–water partition coefficient (Wildman–Crippen LogP) is 2.58. The molecule has 0 unspecified atom stereocenters. The van der Waals surface area contributed by atoms with E-state index in [9.17, 15) is 4.79 Å². The van der Waals surface area contributed by atoms with Crippen molar-refractivity contribution in [1.82, 2.24) is 14.9 Å². The van der Waals surface area contributed by atoms with E-state index in [1.807, 2.05) is 30.3 Å². The third-order valence-corrected chi connectivity index (χ3v) is 5.65. The number of amides is 1. The Morgan fingerprint density at radius 1 is 0.969 bits per heavy atom. The van der Waals surface area contributed by atoms with E-state index in [0.717, 1.165) is 38.5 Å². The molecule has 1 amide bonds. The van der Waals surface area contributed by atoms with E-state index in [2.05, 4.69) is 49.4 Å². The van der Waals surface area contributed by atoms with Gasteiger partial charge in [-0.1, -0.05) is 42.5 Å². The van der Waals surface area contributed by atoms with Gasteiger partial charge in [0, 0.05) is 38.8 Å². The first-order chi connectivity index (χ1) is 15.7. The summed E-state index contributed by atoms with van der Waals surface area (Å²) in [5, 5.41) is 2.83. The Labute approximate surface area is 186 Å². The number of para-hydroxylation sites is 2. The first-order valence-electron chi connectivity index (χ1n) is 10.8. The molecule has 2 aliphatic heterocycles. The number of aromatic nitrogens is 2. The number of anilines is 2. The van der Waals surface area contributed by atoms with Crippen LogP contribution in [0.15, 0.2) is 67.0 Å². The Hall–Kier alpha value is -3.65. The summed E-state index contributed by atoms with van der Waals surface area (Å²) in [5.41, 5.74) is 1.32. The third kappa shape index (κ3) is 4.65. The fourth-order valence-corrected chi connectivity index (χ4v) is 3.92. The zero-order valence-corrected chi connectivity index (χ0v) is 17.7. The number of nitrogens with zero attached hydrogens (tertiary/aromatic N) is 4. The average molecular weight is 431 g/mol. The Kier molecular flexibility index (Phi) is 5.85. The summed E-state index contributed by atoms with van der Waals surface area (Å²) in [5.74, 6) is 2.18. The van der Waals surface area contributed by atoms with Crippen LogP contribution in [0.4, 0.5) is 11.6 Å². The summed E-state index contributed by atoms with van der Waals surface area (Å²) in [4.78, 5) is 26.0. The number of fused-ring (bicyclic) bond motifs is 1. The van der Waals surface area contributed by atoms with Crippen molar-refractivity contribution < 1.29 is 14.3 Å². The highest BCUT2D eigenvalue weighted by Gasteiger charge is 2.28. The van der Waals surface area contributed by atoms with Crippen molar-refractivity contribution in [2.24, 2.45) is 0 Å². The van der Waals surface area contributed by atoms with E-state index in [1.165, 1.54) is 11.9 Å². The molecule has 0 radical (unpaired) electrons. The number of hydrogen-bond acceptors (Lipinski definition) is 7. The van der Waals surface area contributed by atoms with Crippen LogP contribution in [-0.4, -0.2) is 59.7 Å². The number of ether oxygens (including phenoxy) is 2. The van der Waals surface area contributed by atoms with Crippen LogP contribution < -0.4 is 19.7 Å². The van der Waals surface area contributed by atoms with Gasteiger partial charge in [0.15, 0.2) is 11.5 Å². The van der Waals surface area contributed by atoms with Crippen molar-refractivity contribution >= 4 is 17.5 Å². The van der Waals surface area contributed by atoms with Crippen LogP contribution in [0.5, 0.6) is 11.5 Å². The Bertz CT molecular complexity index is 1070. The monoisotopic (exact) mass is 431 g/mol. The second-order valence-electron chi connectivity index (χ2n) is 7.86. The Morgan fingerprint density at radius 2 is 1.72 bits per heavy atom. The van der Waals surface area contributed by atoms with Crippen LogP contribution in [0.1, 0.15) is 5.56 Å². The number of nitrogens with one attached hydrogen (secondary N) is 1. The van der Waals surface area contributed by atoms with Gasteiger partial charge in [0.1, 0.15) is 24.6 Å². The first kappa shape index (κ1) is 20.3. The number of piperazine rings is 1. The van der Waals surface area contributed by atoms with Gasteiger partial charge in [0.05, 0.1) is 0 Å². The normalized spacial score (nSPS) is 18.2. The first-order valence-corrected chi connectivity index (χ1v) is 10.8. The maximum absolute atomic E-state index is 12.7. The summed E-state index contributed by atoms with van der Waals surface area (Å²) in [6, 6.07) is 19.6. The quantitative estimate of drug-likeness (QED) is 0.665. The molecule has 0 aliphatic carbocycles. The molecular formula is C24H25N5O3. The number of carbonyl (C=O) groups is 1. The minimum absolute atomic E-state index is 0.157. The summed E-state index contributed by atoms with van der Waals surface area (Å²) >= 11 is 0. The largest absolute Gasteiger partial charge is 0.485 e. The van der Waals surface area contributed by atoms with E-state index in [4.69, 9.17) is 9.47 Å². The molecule has 1 saturated heterocycles. The summed E-state index contributed by atoms with van der Waals surface area (Å²) in [6.07, 6.45) is 0.749. The molecule has 3 aromatic rings. The molecule has 2 aliphatic rings. The van der Waals surface area contributed by atoms with Crippen LogP contribution in [0.3, 0.4) is 0 Å². The standard InChI is InChI=1S/C24H25N5O3/c30-24(21-16-31-19-8-4-5-9-20(19)32-21)27-22-14-23(26-17-25-22)29-12-10-28(11-13-29)15-18-6-2-1-3-7-18/h1-9,14,17,21H,10-13,15-16H2,(H,25,26,27,30)/t21-/m1/s1. The van der Waals surface area contributed by atoms with Gasteiger partial charge in [-0.25, -0.2) is 9.97 Å². The number of hydrogen-bond donors (Lipinski definition) is 1. The van der Waals surface area contributed by atoms with Crippen molar-refractivity contribution in [1.29, 1.82) is 0 Å². The van der Waals surface area contributed by atoms with Gasteiger partial charge < -0.3 is 19.7 Å². The molecule has 1 fully saturated rings. The molecule has 0 saturated carbocycles. The number of benzene rings is 2. The molecule has 2 aromatic carbocycles.